The number of rotatable bonds is 3. The smallest absolute Gasteiger partial charge is 0.143 e. The quantitative estimate of drug-likeness (QED) is 0.657. The van der Waals surface area contributed by atoms with E-state index in [0.717, 1.165) is 18.0 Å². The Balaban J connectivity index is 1.79. The molecule has 0 saturated carbocycles. The van der Waals surface area contributed by atoms with E-state index < -0.39 is 0 Å². The average Bonchev–Trinajstić information content (AvgIpc) is 2.63. The van der Waals surface area contributed by atoms with Crippen molar-refractivity contribution in [3.8, 4) is 5.75 Å². The van der Waals surface area contributed by atoms with Gasteiger partial charge in [0.15, 0.2) is 0 Å². The lowest BCUT2D eigenvalue weighted by atomic mass is 9.97. The molecular formula is C22H21NO. The second-order valence-electron chi connectivity index (χ2n) is 6.26. The third-order valence-corrected chi connectivity index (χ3v) is 4.60. The number of benzene rings is 3. The number of fused-ring (bicyclic) bond motifs is 1. The van der Waals surface area contributed by atoms with Crippen LogP contribution in [-0.4, -0.2) is 6.10 Å². The van der Waals surface area contributed by atoms with Crippen molar-refractivity contribution in [2.45, 2.75) is 25.6 Å². The monoisotopic (exact) mass is 315 g/mol. The average molecular weight is 315 g/mol. The van der Waals surface area contributed by atoms with E-state index in [1.165, 1.54) is 11.1 Å². The van der Waals surface area contributed by atoms with Crippen LogP contribution in [0.3, 0.4) is 0 Å². The van der Waals surface area contributed by atoms with E-state index in [1.54, 1.807) is 0 Å². The van der Waals surface area contributed by atoms with E-state index in [9.17, 15) is 0 Å². The maximum Gasteiger partial charge on any atom is 0.143 e. The van der Waals surface area contributed by atoms with Crippen LogP contribution in [0.2, 0.25) is 0 Å². The Morgan fingerprint density at radius 1 is 0.792 bits per heavy atom. The Morgan fingerprint density at radius 3 is 2.17 bits per heavy atom. The SMILES string of the molecule is C[C@@H]1Oc2ccccc2N(Cc2ccccc2)[C@H]1c1ccccc1. The summed E-state index contributed by atoms with van der Waals surface area (Å²) in [4.78, 5) is 2.47. The van der Waals surface area contributed by atoms with Crippen LogP contribution < -0.4 is 9.64 Å². The molecule has 0 aliphatic carbocycles. The fourth-order valence-corrected chi connectivity index (χ4v) is 3.53. The molecule has 4 rings (SSSR count). The minimum absolute atomic E-state index is 0.0889. The molecule has 0 fully saturated rings. The van der Waals surface area contributed by atoms with Crippen molar-refractivity contribution in [1.29, 1.82) is 0 Å². The zero-order chi connectivity index (χ0) is 16.4. The molecule has 1 heterocycles. The first-order valence-corrected chi connectivity index (χ1v) is 8.44. The zero-order valence-corrected chi connectivity index (χ0v) is 13.8. The molecule has 24 heavy (non-hydrogen) atoms. The van der Waals surface area contributed by atoms with Crippen molar-refractivity contribution >= 4 is 5.69 Å². The van der Waals surface area contributed by atoms with Gasteiger partial charge >= 0.3 is 0 Å². The van der Waals surface area contributed by atoms with E-state index in [4.69, 9.17) is 4.74 Å². The largest absolute Gasteiger partial charge is 0.486 e. The lowest BCUT2D eigenvalue weighted by molar-refractivity contribution is 0.168. The summed E-state index contributed by atoms with van der Waals surface area (Å²) in [6, 6.07) is 29.8. The van der Waals surface area contributed by atoms with Gasteiger partial charge in [-0.2, -0.15) is 0 Å². The normalized spacial score (nSPS) is 19.5. The van der Waals surface area contributed by atoms with Crippen LogP contribution in [0.25, 0.3) is 0 Å². The molecule has 0 N–H and O–H groups in total. The molecule has 3 aromatic rings. The second kappa shape index (κ2) is 6.40. The Morgan fingerprint density at radius 2 is 1.42 bits per heavy atom. The van der Waals surface area contributed by atoms with Crippen molar-refractivity contribution in [1.82, 2.24) is 0 Å². The highest BCUT2D eigenvalue weighted by Crippen LogP contribution is 2.43. The minimum atomic E-state index is 0.0889. The summed E-state index contributed by atoms with van der Waals surface area (Å²) in [6.45, 7) is 3.02. The van der Waals surface area contributed by atoms with Gasteiger partial charge in [0.05, 0.1) is 11.7 Å². The fraction of sp³-hybridized carbons (Fsp3) is 0.182. The predicted molar refractivity (Wildman–Crippen MR) is 98.3 cm³/mol. The van der Waals surface area contributed by atoms with Crippen molar-refractivity contribution in [3.05, 3.63) is 96.1 Å². The van der Waals surface area contributed by atoms with E-state index in [2.05, 4.69) is 90.7 Å². The lowest BCUT2D eigenvalue weighted by Crippen LogP contribution is -2.41. The molecule has 120 valence electrons. The molecule has 0 aromatic heterocycles. The van der Waals surface area contributed by atoms with E-state index in [1.807, 2.05) is 6.07 Å². The van der Waals surface area contributed by atoms with Crippen LogP contribution in [0.5, 0.6) is 5.75 Å². The van der Waals surface area contributed by atoms with Gasteiger partial charge in [-0.15, -0.1) is 0 Å². The van der Waals surface area contributed by atoms with Gasteiger partial charge in [0, 0.05) is 6.54 Å². The number of ether oxygens (including phenoxy) is 1. The van der Waals surface area contributed by atoms with Crippen LogP contribution in [0.4, 0.5) is 5.69 Å². The summed E-state index contributed by atoms with van der Waals surface area (Å²) in [6.07, 6.45) is 0.0889. The Bertz CT molecular complexity index is 800. The standard InChI is InChI=1S/C22H21NO/c1-17-22(19-12-6-3-7-13-19)23(16-18-10-4-2-5-11-18)20-14-8-9-15-21(20)24-17/h2-15,17,22H,16H2,1H3/t17-,22+/m0/s1. The highest BCUT2D eigenvalue weighted by molar-refractivity contribution is 5.62. The van der Waals surface area contributed by atoms with Gasteiger partial charge in [-0.3, -0.25) is 0 Å². The lowest BCUT2D eigenvalue weighted by Gasteiger charge is -2.42. The molecule has 2 heteroatoms. The van der Waals surface area contributed by atoms with Crippen LogP contribution in [0.15, 0.2) is 84.9 Å². The topological polar surface area (TPSA) is 12.5 Å². The molecule has 0 amide bonds. The summed E-state index contributed by atoms with van der Waals surface area (Å²) >= 11 is 0. The van der Waals surface area contributed by atoms with Gasteiger partial charge < -0.3 is 9.64 Å². The third kappa shape index (κ3) is 2.76. The van der Waals surface area contributed by atoms with Gasteiger partial charge in [-0.1, -0.05) is 72.8 Å². The first-order valence-electron chi connectivity index (χ1n) is 8.44. The van der Waals surface area contributed by atoms with Gasteiger partial charge in [0.2, 0.25) is 0 Å². The molecule has 3 aromatic carbocycles. The number of hydrogen-bond donors (Lipinski definition) is 0. The number of para-hydroxylation sites is 2. The summed E-state index contributed by atoms with van der Waals surface area (Å²) in [7, 11) is 0. The van der Waals surface area contributed by atoms with Gasteiger partial charge in [0.1, 0.15) is 11.9 Å². The van der Waals surface area contributed by atoms with E-state index in [0.29, 0.717) is 0 Å². The third-order valence-electron chi connectivity index (χ3n) is 4.60. The molecule has 0 unspecified atom stereocenters. The van der Waals surface area contributed by atoms with Crippen molar-refractivity contribution in [3.63, 3.8) is 0 Å². The second-order valence-corrected chi connectivity index (χ2v) is 6.26. The van der Waals surface area contributed by atoms with Gasteiger partial charge in [-0.05, 0) is 30.2 Å². The van der Waals surface area contributed by atoms with Crippen molar-refractivity contribution < 1.29 is 4.74 Å². The molecular weight excluding hydrogens is 294 g/mol. The molecule has 2 nitrogen and oxygen atoms in total. The van der Waals surface area contributed by atoms with Gasteiger partial charge in [-0.25, -0.2) is 0 Å². The molecule has 1 aliphatic rings. The number of hydrogen-bond acceptors (Lipinski definition) is 2. The first kappa shape index (κ1) is 14.8. The van der Waals surface area contributed by atoms with Gasteiger partial charge in [0.25, 0.3) is 0 Å². The molecule has 1 aliphatic heterocycles. The number of anilines is 1. The van der Waals surface area contributed by atoms with E-state index in [-0.39, 0.29) is 12.1 Å². The number of nitrogens with zero attached hydrogens (tertiary/aromatic N) is 1. The Kier molecular flexibility index (Phi) is 3.96. The first-order chi connectivity index (χ1) is 11.8. The van der Waals surface area contributed by atoms with Crippen LogP contribution >= 0.6 is 0 Å². The summed E-state index contributed by atoms with van der Waals surface area (Å²) in [5.41, 5.74) is 3.76. The van der Waals surface area contributed by atoms with Crippen LogP contribution in [0.1, 0.15) is 24.1 Å². The zero-order valence-electron chi connectivity index (χ0n) is 13.8. The molecule has 0 bridgehead atoms. The van der Waals surface area contributed by atoms with E-state index >= 15 is 0 Å². The molecule has 0 spiro atoms. The highest BCUT2D eigenvalue weighted by Gasteiger charge is 2.34. The molecule has 0 radical (unpaired) electrons. The van der Waals surface area contributed by atoms with Crippen LogP contribution in [0, 0.1) is 0 Å². The maximum absolute atomic E-state index is 6.23. The Hall–Kier alpha value is -2.74. The minimum Gasteiger partial charge on any atom is -0.486 e. The summed E-state index contributed by atoms with van der Waals surface area (Å²) in [5.74, 6) is 0.966. The predicted octanol–water partition coefficient (Wildman–Crippen LogP) is 5.22. The Labute approximate surface area is 143 Å². The molecule has 2 atom stereocenters. The summed E-state index contributed by atoms with van der Waals surface area (Å²) in [5, 5.41) is 0. The molecule has 0 saturated heterocycles. The summed E-state index contributed by atoms with van der Waals surface area (Å²) < 4.78 is 6.23. The van der Waals surface area contributed by atoms with Crippen molar-refractivity contribution in [2.75, 3.05) is 4.90 Å². The van der Waals surface area contributed by atoms with Crippen molar-refractivity contribution in [2.24, 2.45) is 0 Å². The van der Waals surface area contributed by atoms with Crippen LogP contribution in [-0.2, 0) is 6.54 Å². The maximum atomic E-state index is 6.23. The fourth-order valence-electron chi connectivity index (χ4n) is 3.53. The highest BCUT2D eigenvalue weighted by atomic mass is 16.5.